The van der Waals surface area contributed by atoms with E-state index in [0.29, 0.717) is 17.9 Å². The summed E-state index contributed by atoms with van der Waals surface area (Å²) >= 11 is 0. The summed E-state index contributed by atoms with van der Waals surface area (Å²) < 4.78 is 1.46. The van der Waals surface area contributed by atoms with Gasteiger partial charge >= 0.3 is 0 Å². The van der Waals surface area contributed by atoms with Gasteiger partial charge in [-0.2, -0.15) is 24.7 Å². The summed E-state index contributed by atoms with van der Waals surface area (Å²) in [5, 5.41) is 7.34. The third-order valence-electron chi connectivity index (χ3n) is 3.41. The molecule has 1 atom stereocenters. The van der Waals surface area contributed by atoms with Crippen LogP contribution in [0.15, 0.2) is 12.7 Å². The van der Waals surface area contributed by atoms with Crippen molar-refractivity contribution in [3.8, 4) is 5.95 Å². The van der Waals surface area contributed by atoms with Gasteiger partial charge in [0.2, 0.25) is 11.9 Å². The summed E-state index contributed by atoms with van der Waals surface area (Å²) in [7, 11) is 0. The Bertz CT molecular complexity index is 563. The Balaban J connectivity index is 1.78. The Morgan fingerprint density at radius 1 is 1.40 bits per heavy atom. The van der Waals surface area contributed by atoms with Gasteiger partial charge in [-0.1, -0.05) is 19.8 Å². The van der Waals surface area contributed by atoms with Gasteiger partial charge in [-0.15, -0.1) is 0 Å². The number of nitrogens with two attached hydrogens (primary N) is 1. The molecule has 3 N–H and O–H groups in total. The van der Waals surface area contributed by atoms with Crippen molar-refractivity contribution in [3.63, 3.8) is 0 Å². The highest BCUT2D eigenvalue weighted by Gasteiger charge is 2.25. The van der Waals surface area contributed by atoms with Crippen LogP contribution in [0.25, 0.3) is 5.95 Å². The highest BCUT2D eigenvalue weighted by molar-refractivity contribution is 5.35. The molecule has 20 heavy (non-hydrogen) atoms. The van der Waals surface area contributed by atoms with Crippen molar-refractivity contribution < 1.29 is 0 Å². The molecule has 106 valence electrons. The standard InChI is InChI=1S/C12H18N8/c1-2-9(5-8-3-4-8)16-11-17-10(13)18-12(19-11)20-7-14-6-15-20/h6-9H,2-5H2,1H3,(H3,13,16,17,18,19). The van der Waals surface area contributed by atoms with Crippen LogP contribution in [-0.2, 0) is 0 Å². The average molecular weight is 274 g/mol. The lowest BCUT2D eigenvalue weighted by molar-refractivity contribution is 0.582. The predicted octanol–water partition coefficient (Wildman–Crippen LogP) is 1.03. The van der Waals surface area contributed by atoms with Crippen LogP contribution < -0.4 is 11.1 Å². The first-order chi connectivity index (χ1) is 9.74. The van der Waals surface area contributed by atoms with Crippen LogP contribution in [0.5, 0.6) is 0 Å². The summed E-state index contributed by atoms with van der Waals surface area (Å²) in [4.78, 5) is 16.4. The summed E-state index contributed by atoms with van der Waals surface area (Å²) in [6.45, 7) is 2.16. The third kappa shape index (κ3) is 3.01. The van der Waals surface area contributed by atoms with Crippen LogP contribution >= 0.6 is 0 Å². The number of nitrogen functional groups attached to an aromatic ring is 1. The van der Waals surface area contributed by atoms with Crippen molar-refractivity contribution in [2.24, 2.45) is 5.92 Å². The lowest BCUT2D eigenvalue weighted by Crippen LogP contribution is -2.22. The average Bonchev–Trinajstić information content (AvgIpc) is 3.07. The molecule has 1 aliphatic rings. The Labute approximate surface area is 116 Å². The minimum atomic E-state index is 0.175. The summed E-state index contributed by atoms with van der Waals surface area (Å²) in [5.41, 5.74) is 5.73. The fourth-order valence-corrected chi connectivity index (χ4v) is 2.13. The van der Waals surface area contributed by atoms with Gasteiger partial charge < -0.3 is 11.1 Å². The molecule has 1 unspecified atom stereocenters. The molecule has 0 aromatic carbocycles. The van der Waals surface area contributed by atoms with Gasteiger partial charge in [-0.05, 0) is 18.8 Å². The molecule has 0 aliphatic heterocycles. The number of hydrogen-bond acceptors (Lipinski definition) is 7. The zero-order chi connectivity index (χ0) is 13.9. The number of aromatic nitrogens is 6. The summed E-state index contributed by atoms with van der Waals surface area (Å²) in [5.74, 6) is 1.89. The Morgan fingerprint density at radius 2 is 2.25 bits per heavy atom. The maximum atomic E-state index is 5.73. The van der Waals surface area contributed by atoms with Crippen molar-refractivity contribution in [3.05, 3.63) is 12.7 Å². The van der Waals surface area contributed by atoms with E-state index in [0.717, 1.165) is 18.8 Å². The van der Waals surface area contributed by atoms with Crippen molar-refractivity contribution >= 4 is 11.9 Å². The number of nitrogens with one attached hydrogen (secondary N) is 1. The second kappa shape index (κ2) is 5.40. The fourth-order valence-electron chi connectivity index (χ4n) is 2.13. The van der Waals surface area contributed by atoms with E-state index >= 15 is 0 Å². The molecular weight excluding hydrogens is 256 g/mol. The van der Waals surface area contributed by atoms with Crippen LogP contribution in [0.2, 0.25) is 0 Å². The van der Waals surface area contributed by atoms with Crippen LogP contribution in [0.4, 0.5) is 11.9 Å². The molecule has 0 bridgehead atoms. The molecule has 1 fully saturated rings. The van der Waals surface area contributed by atoms with Crippen molar-refractivity contribution in [1.82, 2.24) is 29.7 Å². The van der Waals surface area contributed by atoms with Crippen LogP contribution in [0, 0.1) is 5.92 Å². The fraction of sp³-hybridized carbons (Fsp3) is 0.583. The van der Waals surface area contributed by atoms with E-state index < -0.39 is 0 Å². The smallest absolute Gasteiger partial charge is 0.258 e. The Hall–Kier alpha value is -2.25. The normalized spacial score (nSPS) is 16.1. The second-order valence-corrected chi connectivity index (χ2v) is 5.09. The van der Waals surface area contributed by atoms with Gasteiger partial charge in [-0.25, -0.2) is 4.98 Å². The summed E-state index contributed by atoms with van der Waals surface area (Å²) in [6, 6.07) is 0.368. The number of hydrogen-bond donors (Lipinski definition) is 2. The zero-order valence-corrected chi connectivity index (χ0v) is 11.4. The second-order valence-electron chi connectivity index (χ2n) is 5.09. The Morgan fingerprint density at radius 3 is 2.90 bits per heavy atom. The van der Waals surface area contributed by atoms with Gasteiger partial charge in [0.15, 0.2) is 0 Å². The van der Waals surface area contributed by atoms with Gasteiger partial charge in [0.05, 0.1) is 0 Å². The highest BCUT2D eigenvalue weighted by Crippen LogP contribution is 2.34. The lowest BCUT2D eigenvalue weighted by atomic mass is 10.1. The molecule has 1 aliphatic carbocycles. The Kier molecular flexibility index (Phi) is 3.44. The molecule has 0 radical (unpaired) electrons. The monoisotopic (exact) mass is 274 g/mol. The van der Waals surface area contributed by atoms with Crippen LogP contribution in [-0.4, -0.2) is 35.8 Å². The van der Waals surface area contributed by atoms with E-state index in [1.54, 1.807) is 0 Å². The maximum absolute atomic E-state index is 5.73. The van der Waals surface area contributed by atoms with Crippen molar-refractivity contribution in [2.45, 2.75) is 38.6 Å². The van der Waals surface area contributed by atoms with Crippen LogP contribution in [0.3, 0.4) is 0 Å². The van der Waals surface area contributed by atoms with Crippen molar-refractivity contribution in [2.75, 3.05) is 11.1 Å². The van der Waals surface area contributed by atoms with Gasteiger partial charge in [0.25, 0.3) is 5.95 Å². The van der Waals surface area contributed by atoms with Gasteiger partial charge in [0.1, 0.15) is 12.7 Å². The van der Waals surface area contributed by atoms with Crippen LogP contribution in [0.1, 0.15) is 32.6 Å². The number of anilines is 2. The first kappa shape index (κ1) is 12.8. The third-order valence-corrected chi connectivity index (χ3v) is 3.41. The van der Waals surface area contributed by atoms with E-state index in [1.165, 1.54) is 30.2 Å². The first-order valence-electron chi connectivity index (χ1n) is 6.87. The quantitative estimate of drug-likeness (QED) is 0.809. The van der Waals surface area contributed by atoms with E-state index in [2.05, 4.69) is 37.3 Å². The largest absolute Gasteiger partial charge is 0.368 e. The SMILES string of the molecule is CCC(CC1CC1)Nc1nc(N)nc(-n2cncn2)n1. The van der Waals surface area contributed by atoms with Gasteiger partial charge in [0, 0.05) is 6.04 Å². The highest BCUT2D eigenvalue weighted by atomic mass is 15.4. The molecule has 1 saturated carbocycles. The molecule has 2 aromatic heterocycles. The lowest BCUT2D eigenvalue weighted by Gasteiger charge is -2.16. The van der Waals surface area contributed by atoms with Gasteiger partial charge in [-0.3, -0.25) is 0 Å². The molecule has 2 heterocycles. The predicted molar refractivity (Wildman–Crippen MR) is 74.2 cm³/mol. The molecule has 8 nitrogen and oxygen atoms in total. The molecular formula is C12H18N8. The maximum Gasteiger partial charge on any atom is 0.258 e. The molecule has 3 rings (SSSR count). The molecule has 2 aromatic rings. The number of nitrogens with zero attached hydrogens (tertiary/aromatic N) is 6. The number of rotatable bonds is 6. The molecule has 0 spiro atoms. The minimum Gasteiger partial charge on any atom is -0.368 e. The molecule has 0 amide bonds. The molecule has 8 heteroatoms. The van der Waals surface area contributed by atoms with E-state index in [4.69, 9.17) is 5.73 Å². The topological polar surface area (TPSA) is 107 Å². The zero-order valence-electron chi connectivity index (χ0n) is 11.4. The van der Waals surface area contributed by atoms with Crippen molar-refractivity contribution in [1.29, 1.82) is 0 Å². The van der Waals surface area contributed by atoms with E-state index in [1.807, 2.05) is 0 Å². The minimum absolute atomic E-state index is 0.175. The van der Waals surface area contributed by atoms with E-state index in [-0.39, 0.29) is 5.95 Å². The molecule has 0 saturated heterocycles. The van der Waals surface area contributed by atoms with E-state index in [9.17, 15) is 0 Å². The summed E-state index contributed by atoms with van der Waals surface area (Å²) in [6.07, 6.45) is 7.81. The first-order valence-corrected chi connectivity index (χ1v) is 6.87.